The molecule has 0 spiro atoms. The third kappa shape index (κ3) is 3.34. The summed E-state index contributed by atoms with van der Waals surface area (Å²) >= 11 is 0. The monoisotopic (exact) mass is 315 g/mol. The van der Waals surface area contributed by atoms with Crippen LogP contribution in [0.1, 0.15) is 19.8 Å². The third-order valence-electron chi connectivity index (χ3n) is 4.37. The number of likely N-dealkylation sites (tertiary alicyclic amines) is 1. The molecule has 2 amide bonds. The maximum absolute atomic E-state index is 12.5. The van der Waals surface area contributed by atoms with Gasteiger partial charge in [0.2, 0.25) is 0 Å². The minimum Gasteiger partial charge on any atom is -0.394 e. The van der Waals surface area contributed by atoms with Crippen LogP contribution in [0.5, 0.6) is 0 Å². The number of nitrogens with one attached hydrogen (secondary N) is 1. The highest BCUT2D eigenvalue weighted by molar-refractivity contribution is 5.89. The van der Waals surface area contributed by atoms with Crippen molar-refractivity contribution in [3.8, 4) is 5.69 Å². The molecule has 1 aromatic carbocycles. The van der Waals surface area contributed by atoms with Gasteiger partial charge >= 0.3 is 6.03 Å². The molecule has 2 N–H and O–H groups in total. The largest absolute Gasteiger partial charge is 0.394 e. The minimum absolute atomic E-state index is 0.000175. The summed E-state index contributed by atoms with van der Waals surface area (Å²) in [6, 6.07) is 7.12. The van der Waals surface area contributed by atoms with Gasteiger partial charge in [0, 0.05) is 12.2 Å². The Morgan fingerprint density at radius 1 is 1.39 bits per heavy atom. The highest BCUT2D eigenvalue weighted by atomic mass is 16.3. The summed E-state index contributed by atoms with van der Waals surface area (Å²) in [6.45, 7) is 2.76. The van der Waals surface area contributed by atoms with Crippen LogP contribution in [-0.2, 0) is 0 Å². The molecule has 1 saturated heterocycles. The number of urea groups is 1. The van der Waals surface area contributed by atoms with Crippen molar-refractivity contribution >= 4 is 11.7 Å². The second-order valence-corrected chi connectivity index (χ2v) is 5.89. The summed E-state index contributed by atoms with van der Waals surface area (Å²) in [5, 5.41) is 20.1. The van der Waals surface area contributed by atoms with Gasteiger partial charge in [-0.2, -0.15) is 0 Å². The molecule has 1 aliphatic rings. The zero-order valence-corrected chi connectivity index (χ0v) is 13.1. The highest BCUT2D eigenvalue weighted by Crippen LogP contribution is 2.24. The van der Waals surface area contributed by atoms with Crippen molar-refractivity contribution in [1.29, 1.82) is 0 Å². The van der Waals surface area contributed by atoms with Crippen LogP contribution >= 0.6 is 0 Å². The Morgan fingerprint density at radius 3 is 2.83 bits per heavy atom. The number of benzene rings is 1. The predicted octanol–water partition coefficient (Wildman–Crippen LogP) is 1.89. The number of aliphatic hydroxyl groups is 1. The first-order valence-corrected chi connectivity index (χ1v) is 7.84. The molecular formula is C16H21N5O2. The Kier molecular flexibility index (Phi) is 4.57. The summed E-state index contributed by atoms with van der Waals surface area (Å²) in [4.78, 5) is 14.2. The van der Waals surface area contributed by atoms with Crippen LogP contribution < -0.4 is 5.32 Å². The summed E-state index contributed by atoms with van der Waals surface area (Å²) in [6.07, 6.45) is 5.38. The van der Waals surface area contributed by atoms with Crippen LogP contribution in [0.3, 0.4) is 0 Å². The van der Waals surface area contributed by atoms with Crippen LogP contribution in [0, 0.1) is 5.92 Å². The number of aromatic nitrogens is 3. The Labute approximate surface area is 134 Å². The van der Waals surface area contributed by atoms with Gasteiger partial charge in [0.05, 0.1) is 30.7 Å². The number of nitrogens with zero attached hydrogens (tertiary/aromatic N) is 4. The number of carbonyl (C=O) groups is 1. The number of aliphatic hydroxyl groups excluding tert-OH is 1. The number of amides is 2. The molecule has 2 aromatic rings. The van der Waals surface area contributed by atoms with E-state index in [-0.39, 0.29) is 18.7 Å². The van der Waals surface area contributed by atoms with Crippen molar-refractivity contribution in [2.45, 2.75) is 25.8 Å². The van der Waals surface area contributed by atoms with Gasteiger partial charge in [0.25, 0.3) is 0 Å². The number of piperidine rings is 1. The van der Waals surface area contributed by atoms with Crippen LogP contribution in [0.4, 0.5) is 10.5 Å². The van der Waals surface area contributed by atoms with E-state index in [1.54, 1.807) is 22.0 Å². The van der Waals surface area contributed by atoms with Gasteiger partial charge in [-0.05, 0) is 43.0 Å². The molecule has 3 rings (SSSR count). The Bertz CT molecular complexity index is 641. The molecule has 1 fully saturated rings. The molecule has 0 saturated carbocycles. The number of hydrogen-bond acceptors (Lipinski definition) is 4. The smallest absolute Gasteiger partial charge is 0.322 e. The van der Waals surface area contributed by atoms with Crippen molar-refractivity contribution < 1.29 is 9.90 Å². The van der Waals surface area contributed by atoms with Crippen LogP contribution in [0.15, 0.2) is 36.7 Å². The maximum Gasteiger partial charge on any atom is 0.322 e. The van der Waals surface area contributed by atoms with Crippen molar-refractivity contribution in [3.05, 3.63) is 36.7 Å². The molecule has 1 aromatic heterocycles. The van der Waals surface area contributed by atoms with Gasteiger partial charge in [-0.3, -0.25) is 0 Å². The molecule has 0 radical (unpaired) electrons. The van der Waals surface area contributed by atoms with E-state index in [9.17, 15) is 9.90 Å². The first-order valence-electron chi connectivity index (χ1n) is 7.84. The quantitative estimate of drug-likeness (QED) is 0.906. The molecule has 0 aliphatic carbocycles. The van der Waals surface area contributed by atoms with E-state index in [0.29, 0.717) is 18.2 Å². The first-order chi connectivity index (χ1) is 11.2. The maximum atomic E-state index is 12.5. The molecule has 2 heterocycles. The van der Waals surface area contributed by atoms with E-state index in [1.165, 1.54) is 0 Å². The third-order valence-corrected chi connectivity index (χ3v) is 4.37. The lowest BCUT2D eigenvalue weighted by Gasteiger charge is -2.38. The fraction of sp³-hybridized carbons (Fsp3) is 0.438. The van der Waals surface area contributed by atoms with Crippen molar-refractivity contribution in [1.82, 2.24) is 19.9 Å². The lowest BCUT2D eigenvalue weighted by molar-refractivity contribution is 0.0811. The molecule has 122 valence electrons. The van der Waals surface area contributed by atoms with E-state index in [1.807, 2.05) is 24.3 Å². The number of hydrogen-bond donors (Lipinski definition) is 2. The molecule has 23 heavy (non-hydrogen) atoms. The Balaban J connectivity index is 1.67. The number of carbonyl (C=O) groups excluding carboxylic acids is 1. The average Bonchev–Trinajstić information content (AvgIpc) is 3.09. The van der Waals surface area contributed by atoms with Gasteiger partial charge in [-0.15, -0.1) is 5.10 Å². The van der Waals surface area contributed by atoms with E-state index < -0.39 is 0 Å². The molecule has 2 atom stereocenters. The normalized spacial score (nSPS) is 21.2. The standard InChI is InChI=1S/C16H21N5O2/c1-12-3-2-9-20(15(12)11-22)16(23)18-13-4-6-14(7-5-13)21-10-8-17-19-21/h4-8,10,12,15,22H,2-3,9,11H2,1H3,(H,18,23). The van der Waals surface area contributed by atoms with E-state index in [2.05, 4.69) is 22.6 Å². The number of anilines is 1. The lowest BCUT2D eigenvalue weighted by atomic mass is 9.91. The number of rotatable bonds is 3. The van der Waals surface area contributed by atoms with Crippen molar-refractivity contribution in [2.75, 3.05) is 18.5 Å². The van der Waals surface area contributed by atoms with Crippen LogP contribution in [0.2, 0.25) is 0 Å². The molecular weight excluding hydrogens is 294 g/mol. The first kappa shape index (κ1) is 15.5. The molecule has 2 unspecified atom stereocenters. The van der Waals surface area contributed by atoms with Gasteiger partial charge in [0.1, 0.15) is 0 Å². The summed E-state index contributed by atoms with van der Waals surface area (Å²) in [5.41, 5.74) is 1.59. The van der Waals surface area contributed by atoms with Gasteiger partial charge < -0.3 is 15.3 Å². The van der Waals surface area contributed by atoms with E-state index in [0.717, 1.165) is 18.5 Å². The summed E-state index contributed by atoms with van der Waals surface area (Å²) in [5.74, 6) is 0.314. The van der Waals surface area contributed by atoms with E-state index >= 15 is 0 Å². The molecule has 0 bridgehead atoms. The molecule has 1 aliphatic heterocycles. The zero-order valence-electron chi connectivity index (χ0n) is 13.1. The fourth-order valence-electron chi connectivity index (χ4n) is 3.02. The zero-order chi connectivity index (χ0) is 16.2. The SMILES string of the molecule is CC1CCCN(C(=O)Nc2ccc(-n3ccnn3)cc2)C1CO. The molecule has 7 heteroatoms. The van der Waals surface area contributed by atoms with Crippen LogP contribution in [0.25, 0.3) is 5.69 Å². The lowest BCUT2D eigenvalue weighted by Crippen LogP contribution is -2.51. The van der Waals surface area contributed by atoms with Crippen molar-refractivity contribution in [3.63, 3.8) is 0 Å². The van der Waals surface area contributed by atoms with Gasteiger partial charge in [-0.1, -0.05) is 12.1 Å². The average molecular weight is 315 g/mol. The topological polar surface area (TPSA) is 83.3 Å². The Morgan fingerprint density at radius 2 is 2.17 bits per heavy atom. The summed E-state index contributed by atoms with van der Waals surface area (Å²) < 4.78 is 1.65. The van der Waals surface area contributed by atoms with E-state index in [4.69, 9.17) is 0 Å². The Hall–Kier alpha value is -2.41. The van der Waals surface area contributed by atoms with Gasteiger partial charge in [-0.25, -0.2) is 9.48 Å². The highest BCUT2D eigenvalue weighted by Gasteiger charge is 2.31. The van der Waals surface area contributed by atoms with Crippen LogP contribution in [-0.4, -0.2) is 50.2 Å². The van der Waals surface area contributed by atoms with Gasteiger partial charge in [0.15, 0.2) is 0 Å². The minimum atomic E-state index is -0.163. The molecule has 7 nitrogen and oxygen atoms in total. The second kappa shape index (κ2) is 6.78. The predicted molar refractivity (Wildman–Crippen MR) is 86.4 cm³/mol. The second-order valence-electron chi connectivity index (χ2n) is 5.89. The van der Waals surface area contributed by atoms with Crippen molar-refractivity contribution in [2.24, 2.45) is 5.92 Å². The fourth-order valence-corrected chi connectivity index (χ4v) is 3.02. The summed E-state index contributed by atoms with van der Waals surface area (Å²) in [7, 11) is 0.